The molecule has 6 heteroatoms. The third-order valence-electron chi connectivity index (χ3n) is 5.90. The smallest absolute Gasteiger partial charge is 0.161 e. The van der Waals surface area contributed by atoms with E-state index in [1.165, 1.54) is 0 Å². The topological polar surface area (TPSA) is 46.6 Å². The first kappa shape index (κ1) is 20.4. The molecule has 0 spiro atoms. The number of terminal acetylenes is 1. The van der Waals surface area contributed by atoms with E-state index in [9.17, 15) is 9.59 Å². The summed E-state index contributed by atoms with van der Waals surface area (Å²) in [6.45, 7) is 0.159. The second-order valence-corrected chi connectivity index (χ2v) is 9.28. The van der Waals surface area contributed by atoms with Gasteiger partial charge in [-0.2, -0.15) is 0 Å². The van der Waals surface area contributed by atoms with E-state index in [0.717, 1.165) is 62.7 Å². The van der Waals surface area contributed by atoms with Crippen LogP contribution in [0.1, 0.15) is 50.0 Å². The Morgan fingerprint density at radius 3 is 2.03 bits per heavy atom. The van der Waals surface area contributed by atoms with Crippen LogP contribution < -0.4 is 4.74 Å². The first-order valence-corrected chi connectivity index (χ1v) is 11.3. The lowest BCUT2D eigenvalue weighted by Gasteiger charge is -2.42. The van der Waals surface area contributed by atoms with Gasteiger partial charge in [0.1, 0.15) is 12.4 Å². The summed E-state index contributed by atoms with van der Waals surface area (Å²) in [7, 11) is 2.00. The number of ketones is 2. The Bertz CT molecular complexity index is 948. The Kier molecular flexibility index (Phi) is 5.72. The fraction of sp³-hybridized carbons (Fsp3) is 0.391. The monoisotopic (exact) mass is 517 g/mol. The van der Waals surface area contributed by atoms with Gasteiger partial charge in [0.05, 0.1) is 8.95 Å². The number of carbonyl (C=O) groups is 2. The van der Waals surface area contributed by atoms with Crippen molar-refractivity contribution in [2.45, 2.75) is 44.4 Å². The summed E-state index contributed by atoms with van der Waals surface area (Å²) in [5, 5.41) is 0. The second-order valence-electron chi connectivity index (χ2n) is 7.57. The van der Waals surface area contributed by atoms with Crippen molar-refractivity contribution < 1.29 is 14.3 Å². The minimum atomic E-state index is -0.328. The molecule has 2 aliphatic carbocycles. The molecular formula is C23H21Br2NO3. The summed E-state index contributed by atoms with van der Waals surface area (Å²) in [5.41, 5.74) is 4.61. The fourth-order valence-electron chi connectivity index (χ4n) is 4.68. The number of hydrogen-bond acceptors (Lipinski definition) is 4. The zero-order chi connectivity index (χ0) is 20.7. The molecule has 0 saturated heterocycles. The van der Waals surface area contributed by atoms with Gasteiger partial charge in [0.15, 0.2) is 11.6 Å². The molecule has 0 bridgehead atoms. The van der Waals surface area contributed by atoms with E-state index in [0.29, 0.717) is 18.6 Å². The zero-order valence-electron chi connectivity index (χ0n) is 16.2. The number of halogens is 2. The van der Waals surface area contributed by atoms with Crippen LogP contribution in [0.3, 0.4) is 0 Å². The SMILES string of the molecule is C#CCOc1c(Br)cc(C2C3=C(CCCC3=O)N(C)C3=C2C(=O)CCC3)cc1Br. The van der Waals surface area contributed by atoms with Crippen LogP contribution in [0.5, 0.6) is 5.75 Å². The molecular weight excluding hydrogens is 498 g/mol. The van der Waals surface area contributed by atoms with Crippen LogP contribution in [-0.4, -0.2) is 30.1 Å². The largest absolute Gasteiger partial charge is 0.479 e. The van der Waals surface area contributed by atoms with E-state index >= 15 is 0 Å². The number of rotatable bonds is 3. The molecule has 4 rings (SSSR count). The normalized spacial score (nSPS) is 19.9. The van der Waals surface area contributed by atoms with Gasteiger partial charge in [-0.25, -0.2) is 0 Å². The van der Waals surface area contributed by atoms with E-state index < -0.39 is 0 Å². The Morgan fingerprint density at radius 1 is 1.03 bits per heavy atom. The molecule has 1 aromatic carbocycles. The molecule has 1 heterocycles. The van der Waals surface area contributed by atoms with E-state index in [-0.39, 0.29) is 24.1 Å². The average molecular weight is 519 g/mol. The maximum Gasteiger partial charge on any atom is 0.161 e. The first-order chi connectivity index (χ1) is 13.9. The van der Waals surface area contributed by atoms with E-state index in [2.05, 4.69) is 42.7 Å². The van der Waals surface area contributed by atoms with Gasteiger partial charge < -0.3 is 9.64 Å². The lowest BCUT2D eigenvalue weighted by atomic mass is 9.71. The van der Waals surface area contributed by atoms with Crippen molar-refractivity contribution in [1.82, 2.24) is 4.90 Å². The number of Topliss-reactive ketones (excluding diaryl/α,β-unsaturated/α-hetero) is 2. The zero-order valence-corrected chi connectivity index (χ0v) is 19.4. The molecule has 0 fully saturated rings. The van der Waals surface area contributed by atoms with Gasteiger partial charge in [-0.1, -0.05) is 5.92 Å². The number of hydrogen-bond donors (Lipinski definition) is 0. The van der Waals surface area contributed by atoms with Crippen LogP contribution in [-0.2, 0) is 9.59 Å². The molecule has 4 nitrogen and oxygen atoms in total. The molecule has 0 radical (unpaired) electrons. The standard InChI is InChI=1S/C23H21Br2NO3/c1-3-10-29-23-14(24)11-13(12-15(23)25)20-21-16(6-4-8-18(21)27)26(2)17-7-5-9-19(28)22(17)20/h1,11-12,20H,4-10H2,2H3. The van der Waals surface area contributed by atoms with Crippen molar-refractivity contribution in [3.05, 3.63) is 49.2 Å². The van der Waals surface area contributed by atoms with Gasteiger partial charge in [0.2, 0.25) is 0 Å². The third kappa shape index (κ3) is 3.49. The highest BCUT2D eigenvalue weighted by atomic mass is 79.9. The van der Waals surface area contributed by atoms with Crippen molar-refractivity contribution in [2.24, 2.45) is 0 Å². The van der Waals surface area contributed by atoms with Gasteiger partial charge in [-0.3, -0.25) is 9.59 Å². The van der Waals surface area contributed by atoms with Crippen molar-refractivity contribution in [3.63, 3.8) is 0 Å². The van der Waals surface area contributed by atoms with Crippen molar-refractivity contribution in [1.29, 1.82) is 0 Å². The Labute approximate surface area is 187 Å². The van der Waals surface area contributed by atoms with Gasteiger partial charge in [-0.05, 0) is 75.2 Å². The molecule has 0 amide bonds. The maximum absolute atomic E-state index is 13.0. The average Bonchev–Trinajstić information content (AvgIpc) is 2.69. The Hall–Kier alpha value is -1.84. The van der Waals surface area contributed by atoms with E-state index in [1.54, 1.807) is 0 Å². The molecule has 1 aromatic rings. The van der Waals surface area contributed by atoms with Crippen LogP contribution in [0.25, 0.3) is 0 Å². The van der Waals surface area contributed by atoms with Crippen LogP contribution >= 0.6 is 31.9 Å². The molecule has 0 saturated carbocycles. The van der Waals surface area contributed by atoms with Gasteiger partial charge in [-0.15, -0.1) is 6.42 Å². The number of carbonyl (C=O) groups excluding carboxylic acids is 2. The van der Waals surface area contributed by atoms with Crippen LogP contribution in [0.4, 0.5) is 0 Å². The highest BCUT2D eigenvalue weighted by Crippen LogP contribution is 2.50. The summed E-state index contributed by atoms with van der Waals surface area (Å²) in [6.07, 6.45) is 9.83. The summed E-state index contributed by atoms with van der Waals surface area (Å²) in [6, 6.07) is 3.90. The summed E-state index contributed by atoms with van der Waals surface area (Å²) in [5.74, 6) is 3.05. The number of allylic oxidation sites excluding steroid dienone is 4. The lowest BCUT2D eigenvalue weighted by molar-refractivity contribution is -0.117. The predicted octanol–water partition coefficient (Wildman–Crippen LogP) is 5.27. The lowest BCUT2D eigenvalue weighted by Crippen LogP contribution is -2.37. The molecule has 29 heavy (non-hydrogen) atoms. The molecule has 0 unspecified atom stereocenters. The van der Waals surface area contributed by atoms with Crippen molar-refractivity contribution in [2.75, 3.05) is 13.7 Å². The van der Waals surface area contributed by atoms with Gasteiger partial charge in [0, 0.05) is 48.3 Å². The predicted molar refractivity (Wildman–Crippen MR) is 118 cm³/mol. The van der Waals surface area contributed by atoms with E-state index in [1.807, 2.05) is 19.2 Å². The fourth-order valence-corrected chi connectivity index (χ4v) is 6.13. The number of ether oxygens (including phenoxy) is 1. The number of benzene rings is 1. The van der Waals surface area contributed by atoms with Crippen LogP contribution in [0.2, 0.25) is 0 Å². The van der Waals surface area contributed by atoms with Crippen LogP contribution in [0, 0.1) is 12.3 Å². The summed E-state index contributed by atoms with van der Waals surface area (Å²) in [4.78, 5) is 28.2. The quantitative estimate of drug-likeness (QED) is 0.511. The molecule has 3 aliphatic rings. The molecule has 150 valence electrons. The number of nitrogens with zero attached hydrogens (tertiary/aromatic N) is 1. The second kappa shape index (κ2) is 8.12. The highest BCUT2D eigenvalue weighted by Gasteiger charge is 2.42. The van der Waals surface area contributed by atoms with Gasteiger partial charge in [0.25, 0.3) is 0 Å². The van der Waals surface area contributed by atoms with Gasteiger partial charge >= 0.3 is 0 Å². The highest BCUT2D eigenvalue weighted by molar-refractivity contribution is 9.11. The maximum atomic E-state index is 13.0. The first-order valence-electron chi connectivity index (χ1n) is 9.75. The third-order valence-corrected chi connectivity index (χ3v) is 7.08. The molecule has 0 N–H and O–H groups in total. The minimum absolute atomic E-state index is 0.146. The Morgan fingerprint density at radius 2 is 1.55 bits per heavy atom. The van der Waals surface area contributed by atoms with E-state index in [4.69, 9.17) is 11.2 Å². The Balaban J connectivity index is 1.90. The van der Waals surface area contributed by atoms with Crippen molar-refractivity contribution in [3.8, 4) is 18.1 Å². The molecule has 0 aromatic heterocycles. The summed E-state index contributed by atoms with van der Waals surface area (Å²) < 4.78 is 7.12. The molecule has 0 atom stereocenters. The minimum Gasteiger partial charge on any atom is -0.479 e. The summed E-state index contributed by atoms with van der Waals surface area (Å²) >= 11 is 7.15. The van der Waals surface area contributed by atoms with Crippen molar-refractivity contribution >= 4 is 43.4 Å². The van der Waals surface area contributed by atoms with Crippen LogP contribution in [0.15, 0.2) is 43.6 Å². The molecule has 1 aliphatic heterocycles.